The minimum absolute atomic E-state index is 0.00637. The van der Waals surface area contributed by atoms with Crippen LogP contribution in [0.4, 0.5) is 0 Å². The number of nitrogens with two attached hydrogens (primary N) is 1. The molecule has 0 aromatic carbocycles. The summed E-state index contributed by atoms with van der Waals surface area (Å²) in [5.41, 5.74) is 4.88. The molecular weight excluding hydrogens is 275 g/mol. The van der Waals surface area contributed by atoms with Crippen LogP contribution in [0.2, 0.25) is 6.32 Å². The van der Waals surface area contributed by atoms with Crippen molar-refractivity contribution < 1.29 is 24.7 Å². The first-order chi connectivity index (χ1) is 9.75. The van der Waals surface area contributed by atoms with Crippen molar-refractivity contribution in [2.45, 2.75) is 38.0 Å². The molecule has 1 saturated heterocycles. The van der Waals surface area contributed by atoms with E-state index in [0.29, 0.717) is 32.4 Å². The summed E-state index contributed by atoms with van der Waals surface area (Å²) in [6, 6.07) is 0. The number of nitrogens with zero attached hydrogens (tertiary/aromatic N) is 1. The van der Waals surface area contributed by atoms with Crippen LogP contribution < -0.4 is 5.73 Å². The van der Waals surface area contributed by atoms with Gasteiger partial charge in [-0.25, -0.2) is 0 Å². The van der Waals surface area contributed by atoms with Gasteiger partial charge < -0.3 is 25.8 Å². The molecule has 2 unspecified atom stereocenters. The third kappa shape index (κ3) is 3.07. The second-order valence-corrected chi connectivity index (χ2v) is 6.42. The standard InChI is InChI=1S/C13H23BN2O5/c1-8(17)16-6-9-5-13(15,12(18)19)11(10(9)7-16)3-2-4-14(20)21/h9-11,20-21H,2-7,15H2,1H3,(H,18,19)/t9-,10+,11?,13?/m0/s1. The molecule has 2 rings (SSSR count). The molecule has 1 saturated carbocycles. The van der Waals surface area contributed by atoms with Crippen molar-refractivity contribution in [2.24, 2.45) is 23.5 Å². The van der Waals surface area contributed by atoms with Gasteiger partial charge >= 0.3 is 13.1 Å². The molecule has 1 aliphatic heterocycles. The Balaban J connectivity index is 2.10. The molecule has 1 aliphatic carbocycles. The number of likely N-dealkylation sites (tertiary alicyclic amines) is 1. The van der Waals surface area contributed by atoms with Crippen LogP contribution in [-0.2, 0) is 9.59 Å². The predicted molar refractivity (Wildman–Crippen MR) is 76.1 cm³/mol. The highest BCUT2D eigenvalue weighted by atomic mass is 16.4. The van der Waals surface area contributed by atoms with Crippen LogP contribution in [0.25, 0.3) is 0 Å². The van der Waals surface area contributed by atoms with E-state index in [9.17, 15) is 14.7 Å². The van der Waals surface area contributed by atoms with Gasteiger partial charge in [0.1, 0.15) is 5.54 Å². The first-order valence-corrected chi connectivity index (χ1v) is 7.39. The average molecular weight is 298 g/mol. The average Bonchev–Trinajstić information content (AvgIpc) is 2.87. The summed E-state index contributed by atoms with van der Waals surface area (Å²) >= 11 is 0. The van der Waals surface area contributed by atoms with E-state index >= 15 is 0 Å². The maximum absolute atomic E-state index is 11.6. The van der Waals surface area contributed by atoms with Crippen LogP contribution in [0.1, 0.15) is 26.2 Å². The molecule has 0 aromatic rings. The summed E-state index contributed by atoms with van der Waals surface area (Å²) < 4.78 is 0. The molecule has 2 aliphatic rings. The molecule has 8 heteroatoms. The maximum Gasteiger partial charge on any atom is 0.451 e. The monoisotopic (exact) mass is 298 g/mol. The van der Waals surface area contributed by atoms with Crippen LogP contribution in [0, 0.1) is 17.8 Å². The number of hydrogen-bond acceptors (Lipinski definition) is 5. The van der Waals surface area contributed by atoms with Crippen LogP contribution in [0.3, 0.4) is 0 Å². The molecule has 21 heavy (non-hydrogen) atoms. The zero-order valence-electron chi connectivity index (χ0n) is 12.2. The second-order valence-electron chi connectivity index (χ2n) is 6.42. The van der Waals surface area contributed by atoms with Gasteiger partial charge in [0.05, 0.1) is 0 Å². The Bertz CT molecular complexity index is 433. The number of amides is 1. The van der Waals surface area contributed by atoms with Crippen molar-refractivity contribution in [3.63, 3.8) is 0 Å². The zero-order valence-corrected chi connectivity index (χ0v) is 12.2. The molecule has 118 valence electrons. The topological polar surface area (TPSA) is 124 Å². The highest BCUT2D eigenvalue weighted by molar-refractivity contribution is 6.40. The van der Waals surface area contributed by atoms with Crippen molar-refractivity contribution >= 4 is 19.0 Å². The molecular formula is C13H23BN2O5. The second kappa shape index (κ2) is 5.94. The largest absolute Gasteiger partial charge is 0.480 e. The lowest BCUT2D eigenvalue weighted by Gasteiger charge is -2.31. The van der Waals surface area contributed by atoms with Crippen LogP contribution >= 0.6 is 0 Å². The van der Waals surface area contributed by atoms with E-state index in [-0.39, 0.29) is 30.0 Å². The minimum atomic E-state index is -1.38. The highest BCUT2D eigenvalue weighted by Gasteiger charge is 2.58. The summed E-state index contributed by atoms with van der Waals surface area (Å²) in [5, 5.41) is 27.3. The van der Waals surface area contributed by atoms with Gasteiger partial charge in [0, 0.05) is 20.0 Å². The fourth-order valence-corrected chi connectivity index (χ4v) is 4.03. The van der Waals surface area contributed by atoms with Gasteiger partial charge in [-0.05, 0) is 36.9 Å². The lowest BCUT2D eigenvalue weighted by Crippen LogP contribution is -2.53. The van der Waals surface area contributed by atoms with E-state index < -0.39 is 18.6 Å². The van der Waals surface area contributed by atoms with Gasteiger partial charge in [0.15, 0.2) is 0 Å². The highest BCUT2D eigenvalue weighted by Crippen LogP contribution is 2.49. The van der Waals surface area contributed by atoms with E-state index in [2.05, 4.69) is 0 Å². The van der Waals surface area contributed by atoms with Crippen LogP contribution in [0.5, 0.6) is 0 Å². The molecule has 1 heterocycles. The summed E-state index contributed by atoms with van der Waals surface area (Å²) in [4.78, 5) is 24.8. The van der Waals surface area contributed by atoms with Gasteiger partial charge in [-0.3, -0.25) is 9.59 Å². The normalized spacial score (nSPS) is 34.9. The molecule has 1 amide bonds. The quantitative estimate of drug-likeness (QED) is 0.489. The lowest BCUT2D eigenvalue weighted by molar-refractivity contribution is -0.145. The summed E-state index contributed by atoms with van der Waals surface area (Å²) in [5.74, 6) is -1.01. The van der Waals surface area contributed by atoms with E-state index in [1.165, 1.54) is 6.92 Å². The van der Waals surface area contributed by atoms with Crippen molar-refractivity contribution in [1.82, 2.24) is 4.90 Å². The van der Waals surface area contributed by atoms with Gasteiger partial charge in [0.2, 0.25) is 5.91 Å². The number of carboxylic acids is 1. The number of aliphatic carboxylic acids is 1. The van der Waals surface area contributed by atoms with Crippen molar-refractivity contribution in [3.05, 3.63) is 0 Å². The van der Waals surface area contributed by atoms with Gasteiger partial charge in [-0.15, -0.1) is 0 Å². The van der Waals surface area contributed by atoms with E-state index in [1.807, 2.05) is 0 Å². The fourth-order valence-electron chi connectivity index (χ4n) is 4.03. The minimum Gasteiger partial charge on any atom is -0.480 e. The Morgan fingerprint density at radius 1 is 1.38 bits per heavy atom. The Morgan fingerprint density at radius 3 is 2.57 bits per heavy atom. The number of hydrogen-bond donors (Lipinski definition) is 4. The van der Waals surface area contributed by atoms with E-state index in [0.717, 1.165) is 0 Å². The SMILES string of the molecule is CC(=O)N1C[C@@H]2CC(N)(C(=O)O)C(CCCB(O)O)[C@@H]2C1. The first-order valence-electron chi connectivity index (χ1n) is 7.39. The van der Waals surface area contributed by atoms with E-state index in [1.54, 1.807) is 4.90 Å². The zero-order chi connectivity index (χ0) is 15.8. The van der Waals surface area contributed by atoms with Gasteiger partial charge in [0.25, 0.3) is 0 Å². The van der Waals surface area contributed by atoms with E-state index in [4.69, 9.17) is 15.8 Å². The molecule has 0 spiro atoms. The fraction of sp³-hybridized carbons (Fsp3) is 0.846. The Hall–Kier alpha value is -1.12. The Morgan fingerprint density at radius 2 is 2.05 bits per heavy atom. The number of carbonyl (C=O) groups excluding carboxylic acids is 1. The number of fused-ring (bicyclic) bond motifs is 1. The lowest BCUT2D eigenvalue weighted by atomic mass is 9.76. The van der Waals surface area contributed by atoms with Crippen molar-refractivity contribution in [2.75, 3.05) is 13.1 Å². The van der Waals surface area contributed by atoms with Gasteiger partial charge in [-0.1, -0.05) is 6.42 Å². The Kier molecular flexibility index (Phi) is 4.60. The number of rotatable bonds is 5. The first kappa shape index (κ1) is 16.3. The molecule has 0 radical (unpaired) electrons. The summed E-state index contributed by atoms with van der Waals surface area (Å²) in [6.07, 6.45) is 1.63. The molecule has 5 N–H and O–H groups in total. The molecule has 0 aromatic heterocycles. The number of carbonyl (C=O) groups is 2. The molecule has 4 atom stereocenters. The van der Waals surface area contributed by atoms with Crippen molar-refractivity contribution in [1.29, 1.82) is 0 Å². The number of carboxylic acid groups (broad SMARTS) is 1. The molecule has 0 bridgehead atoms. The third-order valence-corrected chi connectivity index (χ3v) is 5.09. The van der Waals surface area contributed by atoms with Gasteiger partial charge in [-0.2, -0.15) is 0 Å². The third-order valence-electron chi connectivity index (χ3n) is 5.09. The summed E-state index contributed by atoms with van der Waals surface area (Å²) in [7, 11) is -1.38. The Labute approximate surface area is 124 Å². The smallest absolute Gasteiger partial charge is 0.451 e. The van der Waals surface area contributed by atoms with Crippen LogP contribution in [-0.4, -0.2) is 57.7 Å². The molecule has 7 nitrogen and oxygen atoms in total. The molecule has 2 fully saturated rings. The van der Waals surface area contributed by atoms with Crippen molar-refractivity contribution in [3.8, 4) is 0 Å². The van der Waals surface area contributed by atoms with Crippen LogP contribution in [0.15, 0.2) is 0 Å². The summed E-state index contributed by atoms with van der Waals surface area (Å²) in [6.45, 7) is 2.65. The maximum atomic E-state index is 11.6. The predicted octanol–water partition coefficient (Wildman–Crippen LogP) is -0.864.